The molecule has 2 aromatic rings. The minimum absolute atomic E-state index is 0.380. The Labute approximate surface area is 152 Å². The van der Waals surface area contributed by atoms with E-state index in [1.807, 2.05) is 40.8 Å². The van der Waals surface area contributed by atoms with Crippen LogP contribution < -0.4 is 4.72 Å². The van der Waals surface area contributed by atoms with Crippen molar-refractivity contribution < 1.29 is 8.42 Å². The van der Waals surface area contributed by atoms with Gasteiger partial charge in [-0.25, -0.2) is 13.1 Å². The first-order valence-corrected chi connectivity index (χ1v) is 10.2. The van der Waals surface area contributed by atoms with Crippen LogP contribution in [0, 0.1) is 34.6 Å². The highest BCUT2D eigenvalue weighted by molar-refractivity contribution is 9.10. The van der Waals surface area contributed by atoms with E-state index in [0.717, 1.165) is 32.3 Å². The molecule has 0 amide bonds. The largest absolute Gasteiger partial charge is 0.272 e. The fourth-order valence-electron chi connectivity index (χ4n) is 2.85. The van der Waals surface area contributed by atoms with Crippen LogP contribution in [0.2, 0.25) is 0 Å². The van der Waals surface area contributed by atoms with Gasteiger partial charge in [-0.1, -0.05) is 0 Å². The molecule has 1 aromatic heterocycles. The highest BCUT2D eigenvalue weighted by Crippen LogP contribution is 2.29. The van der Waals surface area contributed by atoms with Gasteiger partial charge in [-0.05, 0) is 84.8 Å². The van der Waals surface area contributed by atoms with Crippen molar-refractivity contribution in [3.05, 3.63) is 44.7 Å². The Morgan fingerprint density at radius 2 is 1.58 bits per heavy atom. The molecule has 0 radical (unpaired) electrons. The van der Waals surface area contributed by atoms with Gasteiger partial charge >= 0.3 is 0 Å². The van der Waals surface area contributed by atoms with Crippen LogP contribution in [-0.4, -0.2) is 24.7 Å². The third kappa shape index (κ3) is 3.90. The van der Waals surface area contributed by atoms with Crippen molar-refractivity contribution in [2.24, 2.45) is 0 Å². The van der Waals surface area contributed by atoms with Crippen LogP contribution in [0.4, 0.5) is 0 Å². The lowest BCUT2D eigenvalue weighted by Gasteiger charge is -2.19. The molecule has 0 bridgehead atoms. The van der Waals surface area contributed by atoms with Gasteiger partial charge in [0.25, 0.3) is 0 Å². The van der Waals surface area contributed by atoms with Crippen molar-refractivity contribution in [3.8, 4) is 0 Å². The van der Waals surface area contributed by atoms with Crippen LogP contribution in [0.5, 0.6) is 0 Å². The molecule has 0 aliphatic heterocycles. The molecule has 1 heterocycles. The molecule has 0 unspecified atom stereocenters. The average molecular weight is 414 g/mol. The van der Waals surface area contributed by atoms with E-state index in [-0.39, 0.29) is 0 Å². The number of hydrogen-bond donors (Lipinski definition) is 1. The van der Waals surface area contributed by atoms with Crippen LogP contribution in [-0.2, 0) is 16.6 Å². The quantitative estimate of drug-likeness (QED) is 0.736. The van der Waals surface area contributed by atoms with E-state index < -0.39 is 10.0 Å². The van der Waals surface area contributed by atoms with Crippen LogP contribution >= 0.6 is 15.9 Å². The summed E-state index contributed by atoms with van der Waals surface area (Å²) >= 11 is 3.34. The molecule has 0 aliphatic carbocycles. The van der Waals surface area contributed by atoms with Crippen molar-refractivity contribution >= 4 is 26.0 Å². The number of rotatable bonds is 6. The lowest BCUT2D eigenvalue weighted by atomic mass is 9.95. The highest BCUT2D eigenvalue weighted by Gasteiger charge is 2.23. The second-order valence-corrected chi connectivity index (χ2v) is 8.75. The third-order valence-corrected chi connectivity index (χ3v) is 6.80. The second kappa shape index (κ2) is 7.37. The summed E-state index contributed by atoms with van der Waals surface area (Å²) in [6, 6.07) is 0. The zero-order valence-electron chi connectivity index (χ0n) is 14.8. The number of benzene rings is 1. The smallest absolute Gasteiger partial charge is 0.241 e. The normalized spacial score (nSPS) is 11.9. The first kappa shape index (κ1) is 19.1. The van der Waals surface area contributed by atoms with Crippen molar-refractivity contribution in [2.45, 2.75) is 52.5 Å². The van der Waals surface area contributed by atoms with E-state index in [2.05, 4.69) is 25.8 Å². The third-order valence-electron chi connectivity index (χ3n) is 4.66. The molecule has 1 aromatic carbocycles. The number of aryl methyl sites for hydroxylation is 1. The SMILES string of the molecule is Cc1c(C)c(C)c(S(=O)(=O)NCCCn2cc(Br)cn2)c(C)c1C. The maximum atomic E-state index is 12.8. The lowest BCUT2D eigenvalue weighted by molar-refractivity contribution is 0.552. The highest BCUT2D eigenvalue weighted by atomic mass is 79.9. The minimum Gasteiger partial charge on any atom is -0.272 e. The number of nitrogens with zero attached hydrogens (tertiary/aromatic N) is 2. The Kier molecular flexibility index (Phi) is 5.88. The topological polar surface area (TPSA) is 64.0 Å². The number of hydrogen-bond acceptors (Lipinski definition) is 3. The van der Waals surface area contributed by atoms with E-state index >= 15 is 0 Å². The Morgan fingerprint density at radius 3 is 2.08 bits per heavy atom. The summed E-state index contributed by atoms with van der Waals surface area (Å²) in [5.41, 5.74) is 4.91. The molecule has 2 rings (SSSR count). The summed E-state index contributed by atoms with van der Waals surface area (Å²) in [6.07, 6.45) is 4.26. The Morgan fingerprint density at radius 1 is 1.04 bits per heavy atom. The molecule has 0 saturated heterocycles. The second-order valence-electron chi connectivity index (χ2n) is 6.13. The van der Waals surface area contributed by atoms with Gasteiger partial charge in [-0.3, -0.25) is 4.68 Å². The van der Waals surface area contributed by atoms with E-state index in [1.54, 1.807) is 10.9 Å². The van der Waals surface area contributed by atoms with Crippen molar-refractivity contribution in [1.82, 2.24) is 14.5 Å². The van der Waals surface area contributed by atoms with Crippen molar-refractivity contribution in [2.75, 3.05) is 6.54 Å². The van der Waals surface area contributed by atoms with Crippen LogP contribution in [0.25, 0.3) is 0 Å². The number of sulfonamides is 1. The molecule has 0 atom stereocenters. The molecular formula is C17H24BrN3O2S. The monoisotopic (exact) mass is 413 g/mol. The van der Waals surface area contributed by atoms with Gasteiger partial charge < -0.3 is 0 Å². The van der Waals surface area contributed by atoms with Crippen LogP contribution in [0.15, 0.2) is 21.8 Å². The molecule has 7 heteroatoms. The molecule has 5 nitrogen and oxygen atoms in total. The number of nitrogens with one attached hydrogen (secondary N) is 1. The Balaban J connectivity index is 2.13. The molecule has 0 spiro atoms. The Bertz CT molecular complexity index is 828. The van der Waals surface area contributed by atoms with Crippen LogP contribution in [0.1, 0.15) is 34.2 Å². The Hall–Kier alpha value is -1.18. The first-order chi connectivity index (χ1) is 11.1. The van der Waals surface area contributed by atoms with E-state index in [9.17, 15) is 8.42 Å². The van der Waals surface area contributed by atoms with Gasteiger partial charge in [0.2, 0.25) is 10.0 Å². The molecule has 0 aliphatic rings. The van der Waals surface area contributed by atoms with Gasteiger partial charge in [0.1, 0.15) is 0 Å². The van der Waals surface area contributed by atoms with Gasteiger partial charge in [-0.15, -0.1) is 0 Å². The zero-order valence-corrected chi connectivity index (χ0v) is 17.2. The maximum absolute atomic E-state index is 12.8. The predicted molar refractivity (Wildman–Crippen MR) is 99.9 cm³/mol. The zero-order chi connectivity index (χ0) is 18.1. The maximum Gasteiger partial charge on any atom is 0.241 e. The summed E-state index contributed by atoms with van der Waals surface area (Å²) in [7, 11) is -3.52. The van der Waals surface area contributed by atoms with E-state index in [0.29, 0.717) is 24.4 Å². The standard InChI is InChI=1S/C17H24BrN3O2S/c1-11-12(2)14(4)17(15(5)13(11)3)24(22,23)20-7-6-8-21-10-16(18)9-19-21/h9-10,20H,6-8H2,1-5H3. The number of halogens is 1. The summed E-state index contributed by atoms with van der Waals surface area (Å²) in [6.45, 7) is 10.8. The van der Waals surface area contributed by atoms with Gasteiger partial charge in [0.15, 0.2) is 0 Å². The van der Waals surface area contributed by atoms with Crippen molar-refractivity contribution in [3.63, 3.8) is 0 Å². The predicted octanol–water partition coefficient (Wildman–Crippen LogP) is 3.56. The van der Waals surface area contributed by atoms with Gasteiger partial charge in [0.05, 0.1) is 15.6 Å². The minimum atomic E-state index is -3.52. The first-order valence-electron chi connectivity index (χ1n) is 7.89. The molecule has 0 saturated carbocycles. The van der Waals surface area contributed by atoms with Gasteiger partial charge in [0, 0.05) is 19.3 Å². The lowest BCUT2D eigenvalue weighted by Crippen LogP contribution is -2.27. The fourth-order valence-corrected chi connectivity index (χ4v) is 4.85. The number of aromatic nitrogens is 2. The van der Waals surface area contributed by atoms with Crippen molar-refractivity contribution in [1.29, 1.82) is 0 Å². The molecule has 24 heavy (non-hydrogen) atoms. The van der Waals surface area contributed by atoms with Crippen LogP contribution in [0.3, 0.4) is 0 Å². The van der Waals surface area contributed by atoms with E-state index in [4.69, 9.17) is 0 Å². The summed E-state index contributed by atoms with van der Waals surface area (Å²) in [4.78, 5) is 0.421. The molecule has 1 N–H and O–H groups in total. The van der Waals surface area contributed by atoms with Gasteiger partial charge in [-0.2, -0.15) is 5.10 Å². The molecular weight excluding hydrogens is 390 g/mol. The average Bonchev–Trinajstić information content (AvgIpc) is 2.93. The summed E-state index contributed by atoms with van der Waals surface area (Å²) in [5, 5.41) is 4.16. The summed E-state index contributed by atoms with van der Waals surface area (Å²) in [5.74, 6) is 0. The molecule has 132 valence electrons. The molecule has 0 fully saturated rings. The summed E-state index contributed by atoms with van der Waals surface area (Å²) < 4.78 is 31.0. The fraction of sp³-hybridized carbons (Fsp3) is 0.471. The van der Waals surface area contributed by atoms with E-state index in [1.165, 1.54) is 0 Å².